The fourth-order valence-electron chi connectivity index (χ4n) is 5.86. The van der Waals surface area contributed by atoms with Crippen LogP contribution in [0, 0.1) is 5.92 Å². The van der Waals surface area contributed by atoms with E-state index < -0.39 is 11.9 Å². The van der Waals surface area contributed by atoms with Gasteiger partial charge in [-0.1, -0.05) is 43.5 Å². The minimum atomic E-state index is -0.884. The molecule has 240 valence electrons. The quantitative estimate of drug-likeness (QED) is 0.253. The molecule has 10 heteroatoms. The van der Waals surface area contributed by atoms with Crippen LogP contribution in [0.2, 0.25) is 0 Å². The minimum absolute atomic E-state index is 0.0509. The molecule has 1 saturated carbocycles. The van der Waals surface area contributed by atoms with E-state index in [-0.39, 0.29) is 23.5 Å². The molecule has 45 heavy (non-hydrogen) atoms. The number of carbonyl (C=O) groups excluding carboxylic acids is 3. The van der Waals surface area contributed by atoms with Gasteiger partial charge in [-0.25, -0.2) is 0 Å². The standard InChI is InChI=1S/C35H45N5O5/c1-39(2)20-7-23-44-29-14-12-25(13-15-29)32(35(43)40-21-18-36-19-22-40)38-34(42)31-17-16-30(45-31)27-10-6-11-28(24-27)37-33(41)26-8-4-3-5-9-26/h6,10-17,24,26,32,36H,3-5,7-9,18-23H2,1-2H3,(H,37,41)(H,38,42). The van der Waals surface area contributed by atoms with Crippen molar-refractivity contribution < 1.29 is 23.5 Å². The number of carbonyl (C=O) groups is 3. The van der Waals surface area contributed by atoms with E-state index in [0.29, 0.717) is 55.5 Å². The molecule has 1 atom stereocenters. The van der Waals surface area contributed by atoms with Crippen LogP contribution in [-0.4, -0.2) is 80.9 Å². The normalized spacial score (nSPS) is 16.3. The molecule has 2 aliphatic rings. The molecule has 1 aliphatic carbocycles. The molecule has 3 amide bonds. The van der Waals surface area contributed by atoms with E-state index in [1.807, 2.05) is 62.6 Å². The molecule has 0 radical (unpaired) electrons. The number of amides is 3. The number of benzene rings is 2. The molecule has 10 nitrogen and oxygen atoms in total. The van der Waals surface area contributed by atoms with E-state index in [4.69, 9.17) is 9.15 Å². The highest BCUT2D eigenvalue weighted by Crippen LogP contribution is 2.28. The van der Waals surface area contributed by atoms with Crippen LogP contribution in [0.3, 0.4) is 0 Å². The third-order valence-corrected chi connectivity index (χ3v) is 8.40. The Morgan fingerprint density at radius 2 is 1.76 bits per heavy atom. The second-order valence-corrected chi connectivity index (χ2v) is 12.1. The van der Waals surface area contributed by atoms with Gasteiger partial charge in [-0.15, -0.1) is 0 Å². The van der Waals surface area contributed by atoms with Crippen LogP contribution in [0.5, 0.6) is 5.75 Å². The maximum Gasteiger partial charge on any atom is 0.287 e. The van der Waals surface area contributed by atoms with Crippen molar-refractivity contribution in [3.8, 4) is 17.1 Å². The van der Waals surface area contributed by atoms with Gasteiger partial charge in [-0.05, 0) is 75.3 Å². The lowest BCUT2D eigenvalue weighted by Gasteiger charge is -2.31. The Hall–Kier alpha value is -4.15. The number of nitrogens with one attached hydrogen (secondary N) is 3. The summed E-state index contributed by atoms with van der Waals surface area (Å²) >= 11 is 0. The monoisotopic (exact) mass is 615 g/mol. The lowest BCUT2D eigenvalue weighted by atomic mass is 9.88. The van der Waals surface area contributed by atoms with E-state index in [9.17, 15) is 14.4 Å². The van der Waals surface area contributed by atoms with E-state index >= 15 is 0 Å². The predicted molar refractivity (Wildman–Crippen MR) is 174 cm³/mol. The van der Waals surface area contributed by atoms with Crippen molar-refractivity contribution in [3.63, 3.8) is 0 Å². The van der Waals surface area contributed by atoms with Crippen molar-refractivity contribution in [1.29, 1.82) is 0 Å². The molecule has 3 N–H and O–H groups in total. The molecule has 1 aliphatic heterocycles. The highest BCUT2D eigenvalue weighted by atomic mass is 16.5. The summed E-state index contributed by atoms with van der Waals surface area (Å²) in [5, 5.41) is 9.23. The molecule has 0 bridgehead atoms. The molecule has 3 aromatic rings. The number of anilines is 1. The van der Waals surface area contributed by atoms with Gasteiger partial charge in [0.15, 0.2) is 5.76 Å². The van der Waals surface area contributed by atoms with Crippen molar-refractivity contribution in [2.45, 2.75) is 44.6 Å². The summed E-state index contributed by atoms with van der Waals surface area (Å²) in [6, 6.07) is 17.2. The summed E-state index contributed by atoms with van der Waals surface area (Å²) < 4.78 is 11.8. The van der Waals surface area contributed by atoms with Crippen LogP contribution < -0.4 is 20.7 Å². The Morgan fingerprint density at radius 1 is 1.00 bits per heavy atom. The molecule has 1 unspecified atom stereocenters. The summed E-state index contributed by atoms with van der Waals surface area (Å²) in [6.07, 6.45) is 6.13. The topological polar surface area (TPSA) is 116 Å². The molecule has 1 saturated heterocycles. The first-order valence-electron chi connectivity index (χ1n) is 16.1. The Morgan fingerprint density at radius 3 is 2.49 bits per heavy atom. The van der Waals surface area contributed by atoms with Gasteiger partial charge in [0, 0.05) is 49.9 Å². The minimum Gasteiger partial charge on any atom is -0.494 e. The summed E-state index contributed by atoms with van der Waals surface area (Å²) in [5.74, 6) is 0.754. The van der Waals surface area contributed by atoms with Gasteiger partial charge in [0.2, 0.25) is 11.8 Å². The van der Waals surface area contributed by atoms with Crippen LogP contribution in [-0.2, 0) is 9.59 Å². The first kappa shape index (κ1) is 32.2. The zero-order valence-corrected chi connectivity index (χ0v) is 26.3. The molecule has 5 rings (SSSR count). The number of nitrogens with zero attached hydrogens (tertiary/aromatic N) is 2. The summed E-state index contributed by atoms with van der Waals surface area (Å²) in [7, 11) is 4.05. The largest absolute Gasteiger partial charge is 0.494 e. The summed E-state index contributed by atoms with van der Waals surface area (Å²) in [6.45, 7) is 4.06. The number of hydrogen-bond donors (Lipinski definition) is 3. The van der Waals surface area contributed by atoms with E-state index in [2.05, 4.69) is 20.9 Å². The first-order chi connectivity index (χ1) is 21.9. The van der Waals surface area contributed by atoms with Crippen LogP contribution in [0.4, 0.5) is 5.69 Å². The Balaban J connectivity index is 1.27. The number of furan rings is 1. The van der Waals surface area contributed by atoms with Crippen LogP contribution in [0.15, 0.2) is 65.1 Å². The average molecular weight is 616 g/mol. The molecule has 2 heterocycles. The highest BCUT2D eigenvalue weighted by Gasteiger charge is 2.30. The molecule has 1 aromatic heterocycles. The van der Waals surface area contributed by atoms with E-state index in [1.165, 1.54) is 6.42 Å². The molecular weight excluding hydrogens is 570 g/mol. The lowest BCUT2D eigenvalue weighted by molar-refractivity contribution is -0.134. The second kappa shape index (κ2) is 15.7. The Labute approximate surface area is 265 Å². The smallest absolute Gasteiger partial charge is 0.287 e. The number of ether oxygens (including phenoxy) is 1. The average Bonchev–Trinajstić information content (AvgIpc) is 3.57. The number of piperazine rings is 1. The van der Waals surface area contributed by atoms with Gasteiger partial charge < -0.3 is 34.9 Å². The SMILES string of the molecule is CN(C)CCCOc1ccc(C(NC(=O)c2ccc(-c3cccc(NC(=O)C4CCCCC4)c3)o2)C(=O)N2CCNCC2)cc1. The van der Waals surface area contributed by atoms with Crippen molar-refractivity contribution >= 4 is 23.4 Å². The van der Waals surface area contributed by atoms with Gasteiger partial charge in [-0.2, -0.15) is 0 Å². The van der Waals surface area contributed by atoms with Crippen LogP contribution >= 0.6 is 0 Å². The van der Waals surface area contributed by atoms with E-state index in [1.54, 1.807) is 17.0 Å². The van der Waals surface area contributed by atoms with Crippen LogP contribution in [0.1, 0.15) is 60.7 Å². The lowest BCUT2D eigenvalue weighted by Crippen LogP contribution is -2.50. The van der Waals surface area contributed by atoms with Gasteiger partial charge in [-0.3, -0.25) is 14.4 Å². The maximum atomic E-state index is 13.7. The van der Waals surface area contributed by atoms with Crippen molar-refractivity contribution in [3.05, 3.63) is 72.0 Å². The number of hydrogen-bond acceptors (Lipinski definition) is 7. The van der Waals surface area contributed by atoms with Crippen molar-refractivity contribution in [1.82, 2.24) is 20.4 Å². The second-order valence-electron chi connectivity index (χ2n) is 12.1. The van der Waals surface area contributed by atoms with Crippen LogP contribution in [0.25, 0.3) is 11.3 Å². The molecule has 2 fully saturated rings. The molecule has 0 spiro atoms. The summed E-state index contributed by atoms with van der Waals surface area (Å²) in [4.78, 5) is 43.8. The van der Waals surface area contributed by atoms with Crippen molar-refractivity contribution in [2.75, 3.05) is 58.7 Å². The maximum absolute atomic E-state index is 13.7. The zero-order valence-electron chi connectivity index (χ0n) is 26.3. The third-order valence-electron chi connectivity index (χ3n) is 8.40. The fourth-order valence-corrected chi connectivity index (χ4v) is 5.86. The van der Waals surface area contributed by atoms with Gasteiger partial charge in [0.05, 0.1) is 6.61 Å². The molecular formula is C35H45N5O5. The van der Waals surface area contributed by atoms with Crippen molar-refractivity contribution in [2.24, 2.45) is 5.92 Å². The van der Waals surface area contributed by atoms with Gasteiger partial charge in [0.25, 0.3) is 5.91 Å². The number of rotatable bonds is 12. The Bertz CT molecular complexity index is 1420. The first-order valence-corrected chi connectivity index (χ1v) is 16.1. The molecule has 2 aromatic carbocycles. The van der Waals surface area contributed by atoms with Gasteiger partial charge >= 0.3 is 0 Å². The summed E-state index contributed by atoms with van der Waals surface area (Å²) in [5.41, 5.74) is 2.10. The third kappa shape index (κ3) is 8.95. The van der Waals surface area contributed by atoms with Gasteiger partial charge in [0.1, 0.15) is 17.6 Å². The van der Waals surface area contributed by atoms with E-state index in [0.717, 1.165) is 44.2 Å². The fraction of sp³-hybridized carbons (Fsp3) is 0.457. The highest BCUT2D eigenvalue weighted by molar-refractivity contribution is 5.96. The predicted octanol–water partition coefficient (Wildman–Crippen LogP) is 4.70. The zero-order chi connectivity index (χ0) is 31.6. The Kier molecular flexibility index (Phi) is 11.3.